The fourth-order valence-electron chi connectivity index (χ4n) is 0.955. The molecule has 0 radical (unpaired) electrons. The molecule has 0 N–H and O–H groups in total. The topological polar surface area (TPSA) is 29.5 Å². The van der Waals surface area contributed by atoms with Gasteiger partial charge in [-0.2, -0.15) is 0 Å². The molecule has 1 unspecified atom stereocenters. The van der Waals surface area contributed by atoms with Crippen LogP contribution in [0.3, 0.4) is 0 Å². The van der Waals surface area contributed by atoms with E-state index in [0.29, 0.717) is 0 Å². The van der Waals surface area contributed by atoms with Crippen LogP contribution in [-0.2, 0) is 9.63 Å². The molecule has 62 valence electrons. The van der Waals surface area contributed by atoms with Gasteiger partial charge in [0.25, 0.3) is 0 Å². The van der Waals surface area contributed by atoms with Crippen molar-refractivity contribution in [2.45, 2.75) is 17.8 Å². The second-order valence-corrected chi connectivity index (χ2v) is 3.39. The van der Waals surface area contributed by atoms with Crippen molar-refractivity contribution in [1.29, 1.82) is 0 Å². The van der Waals surface area contributed by atoms with Gasteiger partial charge in [-0.05, 0) is 12.8 Å². The summed E-state index contributed by atoms with van der Waals surface area (Å²) in [6, 6.07) is 0. The van der Waals surface area contributed by atoms with Gasteiger partial charge in [-0.25, -0.2) is 4.79 Å². The van der Waals surface area contributed by atoms with E-state index in [1.807, 2.05) is 0 Å². The zero-order valence-corrected chi connectivity index (χ0v) is 7.71. The maximum Gasteiger partial charge on any atom is 0.349 e. The van der Waals surface area contributed by atoms with Crippen LogP contribution >= 0.6 is 15.9 Å². The molecule has 0 spiro atoms. The van der Waals surface area contributed by atoms with Gasteiger partial charge in [0, 0.05) is 12.6 Å². The molecule has 1 saturated heterocycles. The maximum absolute atomic E-state index is 10.7. The van der Waals surface area contributed by atoms with Crippen molar-refractivity contribution in [3.05, 3.63) is 12.7 Å². The summed E-state index contributed by atoms with van der Waals surface area (Å²) in [5.74, 6) is -0.392. The van der Waals surface area contributed by atoms with E-state index < -0.39 is 5.97 Å². The van der Waals surface area contributed by atoms with Gasteiger partial charge in [-0.3, -0.25) is 0 Å². The third-order valence-electron chi connectivity index (χ3n) is 1.51. The van der Waals surface area contributed by atoms with Crippen LogP contribution in [0, 0.1) is 0 Å². The lowest BCUT2D eigenvalue weighted by Crippen LogP contribution is -2.27. The number of hydroxylamine groups is 2. The predicted molar refractivity (Wildman–Crippen MR) is 44.9 cm³/mol. The summed E-state index contributed by atoms with van der Waals surface area (Å²) in [5.41, 5.74) is 0. The highest BCUT2D eigenvalue weighted by Gasteiger charge is 2.24. The van der Waals surface area contributed by atoms with Crippen LogP contribution in [0.5, 0.6) is 0 Å². The Labute approximate surface area is 74.1 Å². The minimum atomic E-state index is -0.392. The molecule has 1 aliphatic heterocycles. The Balaban J connectivity index is 2.36. The van der Waals surface area contributed by atoms with Crippen LogP contribution in [0.2, 0.25) is 0 Å². The summed E-state index contributed by atoms with van der Waals surface area (Å²) in [5, 5.41) is 1.63. The summed E-state index contributed by atoms with van der Waals surface area (Å²) >= 11 is 3.38. The molecular weight excluding hydrogens is 210 g/mol. The Kier molecular flexibility index (Phi) is 3.08. The van der Waals surface area contributed by atoms with E-state index in [0.717, 1.165) is 25.5 Å². The molecule has 1 heterocycles. The van der Waals surface area contributed by atoms with Crippen molar-refractivity contribution in [3.8, 4) is 0 Å². The van der Waals surface area contributed by atoms with Crippen molar-refractivity contribution in [2.75, 3.05) is 6.54 Å². The average molecular weight is 220 g/mol. The van der Waals surface area contributed by atoms with Crippen LogP contribution < -0.4 is 0 Å². The summed E-state index contributed by atoms with van der Waals surface area (Å²) in [7, 11) is 0. The van der Waals surface area contributed by atoms with Gasteiger partial charge in [0.1, 0.15) is 4.95 Å². The molecule has 0 aromatic heterocycles. The Hall–Kier alpha value is -0.350. The smallest absolute Gasteiger partial charge is 0.349 e. The van der Waals surface area contributed by atoms with Crippen LogP contribution in [0.4, 0.5) is 0 Å². The highest BCUT2D eigenvalue weighted by atomic mass is 79.9. The Morgan fingerprint density at radius 1 is 1.82 bits per heavy atom. The van der Waals surface area contributed by atoms with Gasteiger partial charge < -0.3 is 4.84 Å². The molecule has 4 heteroatoms. The Morgan fingerprint density at radius 2 is 2.55 bits per heavy atom. The van der Waals surface area contributed by atoms with Crippen molar-refractivity contribution in [1.82, 2.24) is 5.06 Å². The molecule has 0 aromatic carbocycles. The molecule has 1 aliphatic rings. The number of halogens is 1. The van der Waals surface area contributed by atoms with Crippen molar-refractivity contribution in [2.24, 2.45) is 0 Å². The molecule has 0 aromatic rings. The van der Waals surface area contributed by atoms with E-state index in [4.69, 9.17) is 4.84 Å². The highest BCUT2D eigenvalue weighted by molar-refractivity contribution is 9.09. The van der Waals surface area contributed by atoms with Crippen molar-refractivity contribution < 1.29 is 9.63 Å². The first-order valence-electron chi connectivity index (χ1n) is 3.49. The minimum Gasteiger partial charge on any atom is -0.363 e. The van der Waals surface area contributed by atoms with Gasteiger partial charge in [0.15, 0.2) is 0 Å². The third kappa shape index (κ3) is 2.31. The van der Waals surface area contributed by atoms with Crippen LogP contribution in [-0.4, -0.2) is 22.5 Å². The molecule has 0 aliphatic carbocycles. The largest absolute Gasteiger partial charge is 0.363 e. The highest BCUT2D eigenvalue weighted by Crippen LogP contribution is 2.21. The summed E-state index contributed by atoms with van der Waals surface area (Å²) in [6.45, 7) is 4.11. The van der Waals surface area contributed by atoms with Crippen molar-refractivity contribution in [3.63, 3.8) is 0 Å². The number of carbonyl (C=O) groups excluding carboxylic acids is 1. The predicted octanol–water partition coefficient (Wildman–Crippen LogP) is 1.45. The first kappa shape index (κ1) is 8.74. The monoisotopic (exact) mass is 219 g/mol. The number of nitrogens with zero attached hydrogens (tertiary/aromatic N) is 1. The van der Waals surface area contributed by atoms with E-state index in [2.05, 4.69) is 22.5 Å². The number of alkyl halides is 1. The SMILES string of the molecule is C=CC(=O)ON1CCCC1Br. The van der Waals surface area contributed by atoms with Crippen LogP contribution in [0.25, 0.3) is 0 Å². The summed E-state index contributed by atoms with van der Waals surface area (Å²) < 4.78 is 0. The van der Waals surface area contributed by atoms with E-state index in [9.17, 15) is 4.79 Å². The first-order valence-corrected chi connectivity index (χ1v) is 4.40. The fourth-order valence-corrected chi connectivity index (χ4v) is 1.57. The zero-order valence-electron chi connectivity index (χ0n) is 6.12. The molecule has 3 nitrogen and oxygen atoms in total. The van der Waals surface area contributed by atoms with Crippen LogP contribution in [0.15, 0.2) is 12.7 Å². The zero-order chi connectivity index (χ0) is 8.27. The number of hydrogen-bond donors (Lipinski definition) is 0. The second-order valence-electron chi connectivity index (χ2n) is 2.33. The average Bonchev–Trinajstić information content (AvgIpc) is 2.37. The molecule has 11 heavy (non-hydrogen) atoms. The second kappa shape index (κ2) is 3.88. The first-order chi connectivity index (χ1) is 5.24. The Bertz CT molecular complexity index is 172. The van der Waals surface area contributed by atoms with Gasteiger partial charge in [-0.15, -0.1) is 5.06 Å². The van der Waals surface area contributed by atoms with Gasteiger partial charge in [0.05, 0.1) is 0 Å². The molecule has 1 fully saturated rings. The molecule has 1 atom stereocenters. The van der Waals surface area contributed by atoms with Gasteiger partial charge in [-0.1, -0.05) is 22.5 Å². The Morgan fingerprint density at radius 3 is 3.00 bits per heavy atom. The lowest BCUT2D eigenvalue weighted by Gasteiger charge is -2.16. The normalized spacial score (nSPS) is 25.0. The molecule has 0 amide bonds. The summed E-state index contributed by atoms with van der Waals surface area (Å²) in [4.78, 5) is 15.8. The van der Waals surface area contributed by atoms with E-state index in [-0.39, 0.29) is 4.95 Å². The fraction of sp³-hybridized carbons (Fsp3) is 0.571. The minimum absolute atomic E-state index is 0.173. The molecular formula is C7H10BrNO2. The van der Waals surface area contributed by atoms with Gasteiger partial charge >= 0.3 is 5.97 Å². The maximum atomic E-state index is 10.7. The van der Waals surface area contributed by atoms with E-state index >= 15 is 0 Å². The lowest BCUT2D eigenvalue weighted by atomic mass is 10.4. The van der Waals surface area contributed by atoms with Gasteiger partial charge in [0.2, 0.25) is 0 Å². The molecule has 1 rings (SSSR count). The standard InChI is InChI=1S/C7H10BrNO2/c1-2-7(10)11-9-5-3-4-6(9)8/h2,6H,1,3-5H2. The van der Waals surface area contributed by atoms with Crippen LogP contribution in [0.1, 0.15) is 12.8 Å². The lowest BCUT2D eigenvalue weighted by molar-refractivity contribution is -0.180. The van der Waals surface area contributed by atoms with Crippen molar-refractivity contribution >= 4 is 21.9 Å². The number of carbonyl (C=O) groups is 1. The summed E-state index contributed by atoms with van der Waals surface area (Å²) in [6.07, 6.45) is 3.24. The quantitative estimate of drug-likeness (QED) is 0.400. The van der Waals surface area contributed by atoms with E-state index in [1.165, 1.54) is 0 Å². The number of rotatable bonds is 2. The molecule has 0 saturated carbocycles. The molecule has 0 bridgehead atoms. The van der Waals surface area contributed by atoms with E-state index in [1.54, 1.807) is 5.06 Å². The number of hydrogen-bond acceptors (Lipinski definition) is 3. The third-order valence-corrected chi connectivity index (χ3v) is 2.42.